The van der Waals surface area contributed by atoms with Gasteiger partial charge in [-0.3, -0.25) is 9.69 Å². The Morgan fingerprint density at radius 2 is 2.11 bits per heavy atom. The van der Waals surface area contributed by atoms with Crippen molar-refractivity contribution in [1.82, 2.24) is 10.2 Å². The van der Waals surface area contributed by atoms with Gasteiger partial charge in [-0.25, -0.2) is 0 Å². The van der Waals surface area contributed by atoms with Crippen molar-refractivity contribution >= 4 is 5.97 Å². The van der Waals surface area contributed by atoms with Gasteiger partial charge in [-0.05, 0) is 37.9 Å². The van der Waals surface area contributed by atoms with E-state index in [1.807, 2.05) is 26.0 Å². The number of aryl methyl sites for hydroxylation is 2. The maximum atomic E-state index is 11.7. The molecule has 1 heterocycles. The molecule has 1 aromatic rings. The van der Waals surface area contributed by atoms with E-state index in [2.05, 4.69) is 16.3 Å². The average molecular weight is 262 g/mol. The summed E-state index contributed by atoms with van der Waals surface area (Å²) < 4.78 is 0. The van der Waals surface area contributed by atoms with E-state index >= 15 is 0 Å². The van der Waals surface area contributed by atoms with Crippen LogP contribution in [-0.2, 0) is 4.79 Å². The molecule has 104 valence electrons. The topological polar surface area (TPSA) is 52.6 Å². The SMILES string of the molecule is Cc1ccc(C(C(=O)O)N2CCCNCC2)c(C)c1. The fourth-order valence-electron chi connectivity index (χ4n) is 2.74. The van der Waals surface area contributed by atoms with Crippen molar-refractivity contribution in [2.24, 2.45) is 0 Å². The number of nitrogens with one attached hydrogen (secondary N) is 1. The average Bonchev–Trinajstić information content (AvgIpc) is 2.61. The molecule has 4 nitrogen and oxygen atoms in total. The molecule has 4 heteroatoms. The highest BCUT2D eigenvalue weighted by Gasteiger charge is 2.28. The number of carboxylic acids is 1. The third-order valence-electron chi connectivity index (χ3n) is 3.69. The lowest BCUT2D eigenvalue weighted by Gasteiger charge is -2.28. The van der Waals surface area contributed by atoms with Crippen LogP contribution in [0.1, 0.15) is 29.2 Å². The second kappa shape index (κ2) is 6.17. The molecule has 0 bridgehead atoms. The third-order valence-corrected chi connectivity index (χ3v) is 3.69. The number of benzene rings is 1. The monoisotopic (exact) mass is 262 g/mol. The summed E-state index contributed by atoms with van der Waals surface area (Å²) in [5, 5.41) is 12.9. The highest BCUT2D eigenvalue weighted by atomic mass is 16.4. The summed E-state index contributed by atoms with van der Waals surface area (Å²) in [6, 6.07) is 5.48. The molecular weight excluding hydrogens is 240 g/mol. The van der Waals surface area contributed by atoms with Gasteiger partial charge in [0, 0.05) is 19.6 Å². The summed E-state index contributed by atoms with van der Waals surface area (Å²) in [7, 11) is 0. The van der Waals surface area contributed by atoms with E-state index in [0.29, 0.717) is 0 Å². The lowest BCUT2D eigenvalue weighted by atomic mass is 9.98. The third kappa shape index (κ3) is 3.33. The van der Waals surface area contributed by atoms with Crippen LogP contribution in [0.2, 0.25) is 0 Å². The van der Waals surface area contributed by atoms with Gasteiger partial charge in [-0.1, -0.05) is 23.8 Å². The lowest BCUT2D eigenvalue weighted by molar-refractivity contribution is -0.143. The zero-order valence-electron chi connectivity index (χ0n) is 11.6. The molecule has 2 rings (SSSR count). The molecule has 0 amide bonds. The van der Waals surface area contributed by atoms with E-state index in [-0.39, 0.29) is 0 Å². The van der Waals surface area contributed by atoms with Crippen LogP contribution >= 0.6 is 0 Å². The van der Waals surface area contributed by atoms with Crippen molar-refractivity contribution in [3.8, 4) is 0 Å². The number of aliphatic carboxylic acids is 1. The molecule has 19 heavy (non-hydrogen) atoms. The van der Waals surface area contributed by atoms with Crippen LogP contribution in [0.5, 0.6) is 0 Å². The van der Waals surface area contributed by atoms with Crippen molar-refractivity contribution in [3.63, 3.8) is 0 Å². The molecule has 1 atom stereocenters. The van der Waals surface area contributed by atoms with Gasteiger partial charge in [0.05, 0.1) is 0 Å². The second-order valence-corrected chi connectivity index (χ2v) is 5.24. The van der Waals surface area contributed by atoms with E-state index < -0.39 is 12.0 Å². The van der Waals surface area contributed by atoms with E-state index in [0.717, 1.165) is 43.7 Å². The summed E-state index contributed by atoms with van der Waals surface area (Å²) in [6.45, 7) is 7.46. The summed E-state index contributed by atoms with van der Waals surface area (Å²) in [4.78, 5) is 13.8. The Hall–Kier alpha value is -1.39. The van der Waals surface area contributed by atoms with Gasteiger partial charge in [0.1, 0.15) is 6.04 Å². The van der Waals surface area contributed by atoms with Gasteiger partial charge >= 0.3 is 5.97 Å². The molecule has 1 fully saturated rings. The van der Waals surface area contributed by atoms with Crippen LogP contribution in [0.3, 0.4) is 0 Å². The van der Waals surface area contributed by atoms with Crippen molar-refractivity contribution in [3.05, 3.63) is 34.9 Å². The minimum atomic E-state index is -0.756. The summed E-state index contributed by atoms with van der Waals surface area (Å²) in [6.07, 6.45) is 0.995. The smallest absolute Gasteiger partial charge is 0.325 e. The second-order valence-electron chi connectivity index (χ2n) is 5.24. The maximum absolute atomic E-state index is 11.7. The fourth-order valence-corrected chi connectivity index (χ4v) is 2.74. The van der Waals surface area contributed by atoms with Crippen molar-refractivity contribution in [1.29, 1.82) is 0 Å². The fraction of sp³-hybridized carbons (Fsp3) is 0.533. The highest BCUT2D eigenvalue weighted by molar-refractivity contribution is 5.76. The van der Waals surface area contributed by atoms with Crippen LogP contribution in [0, 0.1) is 13.8 Å². The Morgan fingerprint density at radius 3 is 2.79 bits per heavy atom. The van der Waals surface area contributed by atoms with E-state index in [1.165, 1.54) is 5.56 Å². The van der Waals surface area contributed by atoms with E-state index in [4.69, 9.17) is 0 Å². The summed E-state index contributed by atoms with van der Waals surface area (Å²) in [5.74, 6) is -0.756. The first-order valence-corrected chi connectivity index (χ1v) is 6.84. The number of rotatable bonds is 3. The lowest BCUT2D eigenvalue weighted by Crippen LogP contribution is -2.37. The van der Waals surface area contributed by atoms with Crippen molar-refractivity contribution in [2.75, 3.05) is 26.2 Å². The maximum Gasteiger partial charge on any atom is 0.325 e. The molecule has 1 aliphatic rings. The van der Waals surface area contributed by atoms with Gasteiger partial charge in [0.2, 0.25) is 0 Å². The van der Waals surface area contributed by atoms with Gasteiger partial charge in [-0.15, -0.1) is 0 Å². The molecule has 1 aliphatic heterocycles. The molecule has 1 aromatic carbocycles. The largest absolute Gasteiger partial charge is 0.480 e. The van der Waals surface area contributed by atoms with Crippen molar-refractivity contribution < 1.29 is 9.90 Å². The zero-order chi connectivity index (χ0) is 13.8. The van der Waals surface area contributed by atoms with Gasteiger partial charge < -0.3 is 10.4 Å². The zero-order valence-corrected chi connectivity index (χ0v) is 11.6. The molecule has 0 spiro atoms. The molecule has 0 saturated carbocycles. The number of hydrogen-bond donors (Lipinski definition) is 2. The van der Waals surface area contributed by atoms with Gasteiger partial charge in [-0.2, -0.15) is 0 Å². The van der Waals surface area contributed by atoms with Crippen molar-refractivity contribution in [2.45, 2.75) is 26.3 Å². The van der Waals surface area contributed by atoms with Crippen LogP contribution in [-0.4, -0.2) is 42.2 Å². The first-order valence-electron chi connectivity index (χ1n) is 6.84. The van der Waals surface area contributed by atoms with Gasteiger partial charge in [0.15, 0.2) is 0 Å². The number of nitrogens with zero attached hydrogens (tertiary/aromatic N) is 1. The first kappa shape index (κ1) is 14.0. The normalized spacial score (nSPS) is 18.8. The Labute approximate surface area is 114 Å². The Kier molecular flexibility index (Phi) is 4.56. The van der Waals surface area contributed by atoms with E-state index in [1.54, 1.807) is 0 Å². The number of carbonyl (C=O) groups is 1. The van der Waals surface area contributed by atoms with Crippen LogP contribution in [0.4, 0.5) is 0 Å². The molecule has 0 radical (unpaired) electrons. The molecule has 2 N–H and O–H groups in total. The van der Waals surface area contributed by atoms with Crippen LogP contribution < -0.4 is 5.32 Å². The highest BCUT2D eigenvalue weighted by Crippen LogP contribution is 2.25. The molecule has 0 aromatic heterocycles. The van der Waals surface area contributed by atoms with Gasteiger partial charge in [0.25, 0.3) is 0 Å². The minimum Gasteiger partial charge on any atom is -0.480 e. The predicted molar refractivity (Wildman–Crippen MR) is 75.4 cm³/mol. The quantitative estimate of drug-likeness (QED) is 0.871. The predicted octanol–water partition coefficient (Wildman–Crippen LogP) is 1.72. The number of carboxylic acid groups (broad SMARTS) is 1. The Balaban J connectivity index is 2.30. The first-order chi connectivity index (χ1) is 9.09. The Bertz CT molecular complexity index is 451. The van der Waals surface area contributed by atoms with Crippen LogP contribution in [0.15, 0.2) is 18.2 Å². The molecule has 0 aliphatic carbocycles. The Morgan fingerprint density at radius 1 is 1.32 bits per heavy atom. The standard InChI is InChI=1S/C15H22N2O2/c1-11-4-5-13(12(2)10-11)14(15(18)19)17-8-3-6-16-7-9-17/h4-5,10,14,16H,3,6-9H2,1-2H3,(H,18,19). The minimum absolute atomic E-state index is 0.527. The number of hydrogen-bond acceptors (Lipinski definition) is 3. The molecule has 1 unspecified atom stereocenters. The van der Waals surface area contributed by atoms with E-state index in [9.17, 15) is 9.90 Å². The van der Waals surface area contributed by atoms with Crippen LogP contribution in [0.25, 0.3) is 0 Å². The molecular formula is C15H22N2O2. The molecule has 1 saturated heterocycles. The summed E-state index contributed by atoms with van der Waals surface area (Å²) in [5.41, 5.74) is 3.15. The summed E-state index contributed by atoms with van der Waals surface area (Å²) >= 11 is 0.